The predicted octanol–water partition coefficient (Wildman–Crippen LogP) is 4.34. The molecule has 0 fully saturated rings. The zero-order valence-corrected chi connectivity index (χ0v) is 13.0. The average Bonchev–Trinajstić information content (AvgIpc) is 2.31. The highest BCUT2D eigenvalue weighted by molar-refractivity contribution is 5.27. The number of nitrogens with one attached hydrogen (secondary N) is 1. The Morgan fingerprint density at radius 2 is 1.95 bits per heavy atom. The zero-order chi connectivity index (χ0) is 14.5. The van der Waals surface area contributed by atoms with E-state index in [1.165, 1.54) is 5.56 Å². The number of benzene rings is 1. The molecule has 0 saturated heterocycles. The fourth-order valence-electron chi connectivity index (χ4n) is 2.26. The van der Waals surface area contributed by atoms with E-state index in [-0.39, 0.29) is 11.2 Å². The molecule has 0 aliphatic rings. The van der Waals surface area contributed by atoms with Crippen molar-refractivity contribution in [2.75, 3.05) is 13.1 Å². The molecule has 1 atom stereocenters. The molecule has 0 aromatic heterocycles. The molecule has 0 heterocycles. The normalized spacial score (nSPS) is 13.6. The lowest BCUT2D eigenvalue weighted by Crippen LogP contribution is -2.34. The third-order valence-electron chi connectivity index (χ3n) is 3.82. The van der Waals surface area contributed by atoms with Crippen LogP contribution in [0.25, 0.3) is 0 Å². The zero-order valence-electron chi connectivity index (χ0n) is 13.0. The van der Waals surface area contributed by atoms with Crippen LogP contribution in [0.5, 0.6) is 0 Å². The maximum Gasteiger partial charge on any atom is 0.123 e. The summed E-state index contributed by atoms with van der Waals surface area (Å²) >= 11 is 0. The maximum atomic E-state index is 13.4. The van der Waals surface area contributed by atoms with E-state index in [1.807, 2.05) is 6.07 Å². The summed E-state index contributed by atoms with van der Waals surface area (Å²) < 4.78 is 13.4. The second-order valence-electron chi connectivity index (χ2n) is 6.54. The molecule has 1 nitrogen and oxygen atoms in total. The minimum Gasteiger partial charge on any atom is -0.316 e. The van der Waals surface area contributed by atoms with E-state index in [0.29, 0.717) is 5.92 Å². The van der Waals surface area contributed by atoms with Crippen LogP contribution in [0.15, 0.2) is 18.2 Å². The first-order valence-electron chi connectivity index (χ1n) is 7.30. The molecule has 1 rings (SSSR count). The van der Waals surface area contributed by atoms with Gasteiger partial charge < -0.3 is 5.32 Å². The molecule has 0 radical (unpaired) electrons. The standard InChI is InChI=1S/C17H28FN/c1-6-9-19-12-15(17(3,4)5)10-14-11-16(18)8-7-13(14)2/h7-8,11,15,19H,6,9-10,12H2,1-5H3. The maximum absolute atomic E-state index is 13.4. The van der Waals surface area contributed by atoms with Crippen LogP contribution in [0.3, 0.4) is 0 Å². The van der Waals surface area contributed by atoms with Gasteiger partial charge in [0.2, 0.25) is 0 Å². The van der Waals surface area contributed by atoms with Crippen LogP contribution in [0, 0.1) is 24.1 Å². The van der Waals surface area contributed by atoms with E-state index in [2.05, 4.69) is 39.9 Å². The average molecular weight is 265 g/mol. The first-order valence-corrected chi connectivity index (χ1v) is 7.30. The van der Waals surface area contributed by atoms with Gasteiger partial charge in [0.05, 0.1) is 0 Å². The number of hydrogen-bond acceptors (Lipinski definition) is 1. The van der Waals surface area contributed by atoms with Crippen molar-refractivity contribution in [2.24, 2.45) is 11.3 Å². The minimum absolute atomic E-state index is 0.130. The molecule has 0 amide bonds. The first-order chi connectivity index (χ1) is 8.84. The summed E-state index contributed by atoms with van der Waals surface area (Å²) in [5.41, 5.74) is 2.55. The monoisotopic (exact) mass is 265 g/mol. The van der Waals surface area contributed by atoms with Gasteiger partial charge in [-0.05, 0) is 67.4 Å². The molecule has 0 aliphatic heterocycles. The van der Waals surface area contributed by atoms with Crippen LogP contribution < -0.4 is 5.32 Å². The van der Waals surface area contributed by atoms with E-state index >= 15 is 0 Å². The molecular formula is C17H28FN. The van der Waals surface area contributed by atoms with Gasteiger partial charge in [-0.1, -0.05) is 33.8 Å². The fourth-order valence-corrected chi connectivity index (χ4v) is 2.26. The summed E-state index contributed by atoms with van der Waals surface area (Å²) in [5, 5.41) is 3.50. The smallest absolute Gasteiger partial charge is 0.123 e. The van der Waals surface area contributed by atoms with E-state index in [4.69, 9.17) is 0 Å². The highest BCUT2D eigenvalue weighted by atomic mass is 19.1. The van der Waals surface area contributed by atoms with Gasteiger partial charge in [-0.15, -0.1) is 0 Å². The van der Waals surface area contributed by atoms with Gasteiger partial charge in [-0.25, -0.2) is 4.39 Å². The van der Waals surface area contributed by atoms with Gasteiger partial charge in [0.1, 0.15) is 5.82 Å². The summed E-state index contributed by atoms with van der Waals surface area (Å²) in [6.45, 7) is 13.1. The molecule has 1 aromatic rings. The van der Waals surface area contributed by atoms with Gasteiger partial charge in [0, 0.05) is 0 Å². The van der Waals surface area contributed by atoms with Crippen LogP contribution in [-0.2, 0) is 6.42 Å². The van der Waals surface area contributed by atoms with Crippen LogP contribution >= 0.6 is 0 Å². The van der Waals surface area contributed by atoms with Crippen molar-refractivity contribution in [3.8, 4) is 0 Å². The number of hydrogen-bond donors (Lipinski definition) is 1. The summed E-state index contributed by atoms with van der Waals surface area (Å²) in [4.78, 5) is 0. The summed E-state index contributed by atoms with van der Waals surface area (Å²) in [5.74, 6) is 0.384. The van der Waals surface area contributed by atoms with Crippen molar-refractivity contribution < 1.29 is 4.39 Å². The van der Waals surface area contributed by atoms with Gasteiger partial charge in [-0.2, -0.15) is 0 Å². The lowest BCUT2D eigenvalue weighted by Gasteiger charge is -2.31. The molecule has 2 heteroatoms. The molecule has 1 unspecified atom stereocenters. The highest BCUT2D eigenvalue weighted by Crippen LogP contribution is 2.29. The minimum atomic E-state index is -0.130. The topological polar surface area (TPSA) is 12.0 Å². The quantitative estimate of drug-likeness (QED) is 0.755. The lowest BCUT2D eigenvalue weighted by molar-refractivity contribution is 0.230. The Bertz CT molecular complexity index is 393. The number of rotatable bonds is 6. The van der Waals surface area contributed by atoms with Crippen molar-refractivity contribution in [3.63, 3.8) is 0 Å². The van der Waals surface area contributed by atoms with Crippen LogP contribution in [0.4, 0.5) is 4.39 Å². The lowest BCUT2D eigenvalue weighted by atomic mass is 9.76. The Balaban J connectivity index is 2.79. The molecular weight excluding hydrogens is 237 g/mol. The van der Waals surface area contributed by atoms with Gasteiger partial charge >= 0.3 is 0 Å². The van der Waals surface area contributed by atoms with Gasteiger partial charge in [0.25, 0.3) is 0 Å². The van der Waals surface area contributed by atoms with Crippen molar-refractivity contribution in [2.45, 2.75) is 47.5 Å². The molecule has 0 aliphatic carbocycles. The summed E-state index contributed by atoms with van der Waals surface area (Å²) in [6, 6.07) is 5.11. The number of aryl methyl sites for hydroxylation is 1. The van der Waals surface area contributed by atoms with E-state index in [0.717, 1.165) is 31.5 Å². The highest BCUT2D eigenvalue weighted by Gasteiger charge is 2.25. The SMILES string of the molecule is CCCNCC(Cc1cc(F)ccc1C)C(C)(C)C. The molecule has 0 spiro atoms. The molecule has 0 saturated carbocycles. The molecule has 0 bridgehead atoms. The van der Waals surface area contributed by atoms with Gasteiger partial charge in [-0.3, -0.25) is 0 Å². The molecule has 1 N–H and O–H groups in total. The van der Waals surface area contributed by atoms with Crippen LogP contribution in [0.2, 0.25) is 0 Å². The Morgan fingerprint density at radius 3 is 2.53 bits per heavy atom. The molecule has 1 aromatic carbocycles. The summed E-state index contributed by atoms with van der Waals surface area (Å²) in [7, 11) is 0. The van der Waals surface area contributed by atoms with Crippen molar-refractivity contribution in [1.29, 1.82) is 0 Å². The van der Waals surface area contributed by atoms with Crippen LogP contribution in [0.1, 0.15) is 45.2 Å². The Labute approximate surface area is 117 Å². The molecule has 19 heavy (non-hydrogen) atoms. The van der Waals surface area contributed by atoms with Crippen molar-refractivity contribution in [1.82, 2.24) is 5.32 Å². The Morgan fingerprint density at radius 1 is 1.26 bits per heavy atom. The van der Waals surface area contributed by atoms with E-state index in [9.17, 15) is 4.39 Å². The Kier molecular flexibility index (Phi) is 5.99. The van der Waals surface area contributed by atoms with Crippen LogP contribution in [-0.4, -0.2) is 13.1 Å². The number of halogens is 1. The fraction of sp³-hybridized carbons (Fsp3) is 0.647. The van der Waals surface area contributed by atoms with Crippen molar-refractivity contribution >= 4 is 0 Å². The first kappa shape index (κ1) is 16.2. The van der Waals surface area contributed by atoms with E-state index < -0.39 is 0 Å². The second kappa shape index (κ2) is 7.04. The summed E-state index contributed by atoms with van der Waals surface area (Å²) in [6.07, 6.45) is 2.08. The molecule has 108 valence electrons. The van der Waals surface area contributed by atoms with E-state index in [1.54, 1.807) is 12.1 Å². The van der Waals surface area contributed by atoms with Crippen molar-refractivity contribution in [3.05, 3.63) is 35.1 Å². The largest absolute Gasteiger partial charge is 0.316 e. The third kappa shape index (κ3) is 5.32. The third-order valence-corrected chi connectivity index (χ3v) is 3.82. The Hall–Kier alpha value is -0.890. The second-order valence-corrected chi connectivity index (χ2v) is 6.54. The predicted molar refractivity (Wildman–Crippen MR) is 80.9 cm³/mol. The van der Waals surface area contributed by atoms with Gasteiger partial charge in [0.15, 0.2) is 0 Å².